The van der Waals surface area contributed by atoms with E-state index >= 15 is 0 Å². The Morgan fingerprint density at radius 1 is 1.07 bits per heavy atom. The third-order valence-corrected chi connectivity index (χ3v) is 5.07. The molecule has 2 aromatic carbocycles. The van der Waals surface area contributed by atoms with Gasteiger partial charge in [0.15, 0.2) is 5.78 Å². The number of rotatable bonds is 4. The maximum atomic E-state index is 11.4. The van der Waals surface area contributed by atoms with Gasteiger partial charge < -0.3 is 4.42 Å². The third kappa shape index (κ3) is 3.41. The van der Waals surface area contributed by atoms with Crippen molar-refractivity contribution in [3.63, 3.8) is 0 Å². The second-order valence-corrected chi connectivity index (χ2v) is 7.02. The van der Waals surface area contributed by atoms with Crippen LogP contribution in [0.4, 0.5) is 0 Å². The highest BCUT2D eigenvalue weighted by Gasteiger charge is 2.13. The molecule has 4 rings (SSSR count). The molecule has 0 N–H and O–H groups in total. The number of nitriles is 1. The maximum Gasteiger partial charge on any atom is 0.258 e. The van der Waals surface area contributed by atoms with Crippen molar-refractivity contribution in [2.45, 2.75) is 6.92 Å². The summed E-state index contributed by atoms with van der Waals surface area (Å²) in [5.41, 5.74) is 0.971. The largest absolute Gasteiger partial charge is 0.415 e. The molecule has 130 valence electrons. The van der Waals surface area contributed by atoms with E-state index in [0.29, 0.717) is 11.8 Å². The molecule has 0 saturated carbocycles. The molecule has 0 amide bonds. The van der Waals surface area contributed by atoms with Gasteiger partial charge in [-0.2, -0.15) is 5.26 Å². The van der Waals surface area contributed by atoms with Gasteiger partial charge in [0.05, 0.1) is 10.5 Å². The van der Waals surface area contributed by atoms with Crippen LogP contribution in [0.2, 0.25) is 0 Å². The SMILES string of the molecule is CC(=O)/C(C#N)=C/c1ccc(-c2nnc(-c3ccc4ccccc4c3)o2)s1. The molecule has 0 saturated heterocycles. The lowest BCUT2D eigenvalue weighted by atomic mass is 10.1. The smallest absolute Gasteiger partial charge is 0.258 e. The van der Waals surface area contributed by atoms with Gasteiger partial charge in [0.1, 0.15) is 6.07 Å². The second kappa shape index (κ2) is 6.98. The van der Waals surface area contributed by atoms with E-state index in [1.807, 2.05) is 54.6 Å². The molecule has 4 aromatic rings. The Kier molecular flexibility index (Phi) is 4.37. The summed E-state index contributed by atoms with van der Waals surface area (Å²) in [6.45, 7) is 1.37. The van der Waals surface area contributed by atoms with Crippen LogP contribution >= 0.6 is 11.3 Å². The summed E-state index contributed by atoms with van der Waals surface area (Å²) in [7, 11) is 0. The van der Waals surface area contributed by atoms with Gasteiger partial charge in [-0.25, -0.2) is 0 Å². The zero-order chi connectivity index (χ0) is 18.8. The number of ketones is 1. The number of carbonyl (C=O) groups is 1. The summed E-state index contributed by atoms with van der Waals surface area (Å²) < 4.78 is 5.83. The van der Waals surface area contributed by atoms with Gasteiger partial charge in [0, 0.05) is 10.4 Å². The number of hydrogen-bond acceptors (Lipinski definition) is 6. The minimum Gasteiger partial charge on any atom is -0.415 e. The van der Waals surface area contributed by atoms with Crippen molar-refractivity contribution in [1.29, 1.82) is 5.26 Å². The minimum absolute atomic E-state index is 0.116. The molecule has 6 heteroatoms. The lowest BCUT2D eigenvalue weighted by molar-refractivity contribution is -0.113. The van der Waals surface area contributed by atoms with Crippen molar-refractivity contribution in [2.24, 2.45) is 0 Å². The molecule has 5 nitrogen and oxygen atoms in total. The molecule has 0 unspecified atom stereocenters. The lowest BCUT2D eigenvalue weighted by Crippen LogP contribution is -1.91. The number of allylic oxidation sites excluding steroid dienone is 1. The molecule has 0 atom stereocenters. The zero-order valence-corrected chi connectivity index (χ0v) is 15.2. The van der Waals surface area contributed by atoms with E-state index in [2.05, 4.69) is 16.3 Å². The molecule has 0 radical (unpaired) electrons. The van der Waals surface area contributed by atoms with Gasteiger partial charge in [-0.3, -0.25) is 4.79 Å². The van der Waals surface area contributed by atoms with Gasteiger partial charge in [-0.1, -0.05) is 30.3 Å². The fraction of sp³-hybridized carbons (Fsp3) is 0.0476. The number of aromatic nitrogens is 2. The van der Waals surface area contributed by atoms with Crippen molar-refractivity contribution in [3.8, 4) is 28.3 Å². The Labute approximate surface area is 159 Å². The highest BCUT2D eigenvalue weighted by Crippen LogP contribution is 2.31. The summed E-state index contributed by atoms with van der Waals surface area (Å²) in [6.07, 6.45) is 1.57. The monoisotopic (exact) mass is 371 g/mol. The number of Topliss-reactive ketones (excluding diaryl/α,β-unsaturated/α-hetero) is 1. The Hall–Kier alpha value is -3.56. The van der Waals surface area contributed by atoms with Crippen LogP contribution in [-0.2, 0) is 4.79 Å². The van der Waals surface area contributed by atoms with Crippen LogP contribution in [-0.4, -0.2) is 16.0 Å². The Balaban J connectivity index is 1.65. The predicted octanol–water partition coefficient (Wildman–Crippen LogP) is 5.11. The van der Waals surface area contributed by atoms with Crippen molar-refractivity contribution in [1.82, 2.24) is 10.2 Å². The number of carbonyl (C=O) groups excluding carboxylic acids is 1. The summed E-state index contributed by atoms with van der Waals surface area (Å²) >= 11 is 1.38. The van der Waals surface area contributed by atoms with E-state index in [1.54, 1.807) is 6.08 Å². The molecule has 0 aliphatic carbocycles. The van der Waals surface area contributed by atoms with Crippen LogP contribution < -0.4 is 0 Å². The first kappa shape index (κ1) is 16.9. The molecule has 0 fully saturated rings. The third-order valence-electron chi connectivity index (χ3n) is 4.05. The van der Waals surface area contributed by atoms with Crippen molar-refractivity contribution in [3.05, 3.63) is 65.0 Å². The molecule has 27 heavy (non-hydrogen) atoms. The van der Waals surface area contributed by atoms with Crippen LogP contribution in [0.1, 0.15) is 11.8 Å². The highest BCUT2D eigenvalue weighted by atomic mass is 32.1. The molecule has 0 aliphatic heterocycles. The molecule has 0 bridgehead atoms. The summed E-state index contributed by atoms with van der Waals surface area (Å²) in [5, 5.41) is 19.5. The van der Waals surface area contributed by atoms with E-state index in [-0.39, 0.29) is 11.4 Å². The Morgan fingerprint density at radius 3 is 2.63 bits per heavy atom. The first-order valence-corrected chi connectivity index (χ1v) is 9.01. The topological polar surface area (TPSA) is 79.8 Å². The van der Waals surface area contributed by atoms with E-state index in [0.717, 1.165) is 26.1 Å². The average molecular weight is 371 g/mol. The van der Waals surface area contributed by atoms with Gasteiger partial charge in [-0.05, 0) is 48.0 Å². The first-order valence-electron chi connectivity index (χ1n) is 8.19. The second-order valence-electron chi connectivity index (χ2n) is 5.90. The molecule has 2 heterocycles. The van der Waals surface area contributed by atoms with E-state index in [9.17, 15) is 4.79 Å². The van der Waals surface area contributed by atoms with Gasteiger partial charge >= 0.3 is 0 Å². The van der Waals surface area contributed by atoms with Gasteiger partial charge in [0.2, 0.25) is 5.89 Å². The molecular weight excluding hydrogens is 358 g/mol. The maximum absolute atomic E-state index is 11.4. The fourth-order valence-electron chi connectivity index (χ4n) is 2.66. The number of nitrogens with zero attached hydrogens (tertiary/aromatic N) is 3. The first-order chi connectivity index (χ1) is 13.1. The predicted molar refractivity (Wildman–Crippen MR) is 105 cm³/mol. The van der Waals surface area contributed by atoms with Crippen molar-refractivity contribution >= 4 is 34.0 Å². The Bertz CT molecular complexity index is 1230. The van der Waals surface area contributed by atoms with E-state index in [4.69, 9.17) is 9.68 Å². The molecular formula is C21H13N3O2S. The minimum atomic E-state index is -0.260. The number of thiophene rings is 1. The van der Waals surface area contributed by atoms with Crippen LogP contribution in [0.5, 0.6) is 0 Å². The summed E-state index contributed by atoms with van der Waals surface area (Å²) in [4.78, 5) is 12.9. The molecule has 2 aromatic heterocycles. The number of fused-ring (bicyclic) bond motifs is 1. The number of hydrogen-bond donors (Lipinski definition) is 0. The molecule has 0 aliphatic rings. The van der Waals surface area contributed by atoms with Crippen LogP contribution in [0.3, 0.4) is 0 Å². The standard InChI is InChI=1S/C21H13N3O2S/c1-13(25)17(12-22)11-18-8-9-19(27-18)21-24-23-20(26-21)16-7-6-14-4-2-3-5-15(14)10-16/h2-11H,1H3/b17-11+. The summed E-state index contributed by atoms with van der Waals surface area (Å²) in [5.74, 6) is 0.593. The zero-order valence-electron chi connectivity index (χ0n) is 14.3. The van der Waals surface area contributed by atoms with E-state index < -0.39 is 0 Å². The Morgan fingerprint density at radius 2 is 1.85 bits per heavy atom. The van der Waals surface area contributed by atoms with Crippen molar-refractivity contribution in [2.75, 3.05) is 0 Å². The average Bonchev–Trinajstić information content (AvgIpc) is 3.35. The van der Waals surface area contributed by atoms with Gasteiger partial charge in [-0.15, -0.1) is 21.5 Å². The normalized spacial score (nSPS) is 11.5. The van der Waals surface area contributed by atoms with Crippen LogP contribution in [0.15, 0.2) is 64.6 Å². The van der Waals surface area contributed by atoms with Crippen LogP contribution in [0.25, 0.3) is 39.1 Å². The van der Waals surface area contributed by atoms with Gasteiger partial charge in [0.25, 0.3) is 5.89 Å². The van der Waals surface area contributed by atoms with Crippen LogP contribution in [0, 0.1) is 11.3 Å². The number of benzene rings is 2. The van der Waals surface area contributed by atoms with Crippen molar-refractivity contribution < 1.29 is 9.21 Å². The summed E-state index contributed by atoms with van der Waals surface area (Å²) in [6, 6.07) is 19.6. The lowest BCUT2D eigenvalue weighted by Gasteiger charge is -1.99. The fourth-order valence-corrected chi connectivity index (χ4v) is 3.53. The quantitative estimate of drug-likeness (QED) is 0.368. The highest BCUT2D eigenvalue weighted by molar-refractivity contribution is 7.16. The van der Waals surface area contributed by atoms with E-state index in [1.165, 1.54) is 18.3 Å². The molecule has 0 spiro atoms.